The average molecular weight is 197 g/mol. The van der Waals surface area contributed by atoms with E-state index < -0.39 is 0 Å². The fraction of sp³-hybridized carbons (Fsp3) is 0.500. The summed E-state index contributed by atoms with van der Waals surface area (Å²) in [7, 11) is 0. The molecule has 1 aliphatic rings. The van der Waals surface area contributed by atoms with E-state index in [1.165, 1.54) is 0 Å². The van der Waals surface area contributed by atoms with Crippen molar-refractivity contribution in [1.29, 1.82) is 0 Å². The first kappa shape index (κ1) is 8.65. The summed E-state index contributed by atoms with van der Waals surface area (Å²) < 4.78 is 0. The zero-order chi connectivity index (χ0) is 9.26. The van der Waals surface area contributed by atoms with Crippen LogP contribution in [0.25, 0.3) is 0 Å². The van der Waals surface area contributed by atoms with E-state index in [4.69, 9.17) is 5.73 Å². The Morgan fingerprint density at radius 3 is 3.15 bits per heavy atom. The summed E-state index contributed by atoms with van der Waals surface area (Å²) in [5.74, 6) is 0.139. The predicted octanol–water partition coefficient (Wildman–Crippen LogP) is 0.203. The van der Waals surface area contributed by atoms with Crippen molar-refractivity contribution in [2.24, 2.45) is 5.73 Å². The molecule has 2 rings (SSSR count). The van der Waals surface area contributed by atoms with Crippen molar-refractivity contribution < 1.29 is 4.79 Å². The molecule has 0 saturated carbocycles. The van der Waals surface area contributed by atoms with Gasteiger partial charge in [0, 0.05) is 24.4 Å². The van der Waals surface area contributed by atoms with Crippen molar-refractivity contribution in [1.82, 2.24) is 9.88 Å². The van der Waals surface area contributed by atoms with Gasteiger partial charge in [0.25, 0.3) is 0 Å². The number of amides is 1. The Bertz CT molecular complexity index is 298. The fourth-order valence-electron chi connectivity index (χ4n) is 1.47. The summed E-state index contributed by atoms with van der Waals surface area (Å²) in [6, 6.07) is 0.00568. The molecule has 0 aliphatic carbocycles. The standard InChI is InChI=1S/C8H11N3OS/c9-6-1-8(12)11(2-6)3-7-4-13-5-10-7/h4-6H,1-3,9H2. The summed E-state index contributed by atoms with van der Waals surface area (Å²) in [6.07, 6.45) is 0.476. The second kappa shape index (κ2) is 3.43. The number of hydrogen-bond acceptors (Lipinski definition) is 4. The molecule has 13 heavy (non-hydrogen) atoms. The molecule has 1 unspecified atom stereocenters. The molecule has 4 nitrogen and oxygen atoms in total. The van der Waals surface area contributed by atoms with Gasteiger partial charge in [-0.1, -0.05) is 0 Å². The van der Waals surface area contributed by atoms with E-state index in [0.29, 0.717) is 19.5 Å². The Kier molecular flexibility index (Phi) is 2.28. The summed E-state index contributed by atoms with van der Waals surface area (Å²) in [4.78, 5) is 17.2. The van der Waals surface area contributed by atoms with Crippen LogP contribution in [0.4, 0.5) is 0 Å². The SMILES string of the molecule is NC1CC(=O)N(Cc2cscn2)C1. The highest BCUT2D eigenvalue weighted by Gasteiger charge is 2.26. The van der Waals surface area contributed by atoms with Crippen LogP contribution in [0.5, 0.6) is 0 Å². The highest BCUT2D eigenvalue weighted by Crippen LogP contribution is 2.13. The normalized spacial score (nSPS) is 22.7. The van der Waals surface area contributed by atoms with Crippen LogP contribution in [0.1, 0.15) is 12.1 Å². The molecule has 1 aromatic rings. The van der Waals surface area contributed by atoms with E-state index in [0.717, 1.165) is 5.69 Å². The van der Waals surface area contributed by atoms with Gasteiger partial charge in [-0.25, -0.2) is 4.98 Å². The van der Waals surface area contributed by atoms with Crippen LogP contribution in [0.3, 0.4) is 0 Å². The van der Waals surface area contributed by atoms with Crippen LogP contribution in [-0.2, 0) is 11.3 Å². The lowest BCUT2D eigenvalue weighted by atomic mass is 10.3. The van der Waals surface area contributed by atoms with Gasteiger partial charge in [0.2, 0.25) is 5.91 Å². The molecule has 0 spiro atoms. The molecule has 1 amide bonds. The maximum Gasteiger partial charge on any atom is 0.224 e. The van der Waals surface area contributed by atoms with Gasteiger partial charge in [0.05, 0.1) is 17.7 Å². The first-order valence-corrected chi connectivity index (χ1v) is 5.10. The van der Waals surface area contributed by atoms with Gasteiger partial charge in [-0.2, -0.15) is 0 Å². The monoisotopic (exact) mass is 197 g/mol. The number of hydrogen-bond donors (Lipinski definition) is 1. The van der Waals surface area contributed by atoms with Crippen LogP contribution in [0.15, 0.2) is 10.9 Å². The number of nitrogens with zero attached hydrogens (tertiary/aromatic N) is 2. The van der Waals surface area contributed by atoms with Crippen molar-refractivity contribution in [3.05, 3.63) is 16.6 Å². The summed E-state index contributed by atoms with van der Waals surface area (Å²) >= 11 is 1.54. The van der Waals surface area contributed by atoms with Gasteiger partial charge >= 0.3 is 0 Å². The van der Waals surface area contributed by atoms with Crippen LogP contribution in [0.2, 0.25) is 0 Å². The molecule has 1 aliphatic heterocycles. The second-order valence-electron chi connectivity index (χ2n) is 3.22. The lowest BCUT2D eigenvalue weighted by Crippen LogP contribution is -2.27. The summed E-state index contributed by atoms with van der Waals surface area (Å²) in [5.41, 5.74) is 8.39. The molecule has 5 heteroatoms. The molecule has 0 aromatic carbocycles. The zero-order valence-corrected chi connectivity index (χ0v) is 7.96. The zero-order valence-electron chi connectivity index (χ0n) is 7.14. The Morgan fingerprint density at radius 2 is 2.62 bits per heavy atom. The predicted molar refractivity (Wildman–Crippen MR) is 50.1 cm³/mol. The van der Waals surface area contributed by atoms with Crippen molar-refractivity contribution in [3.63, 3.8) is 0 Å². The number of nitrogens with two attached hydrogens (primary N) is 1. The second-order valence-corrected chi connectivity index (χ2v) is 3.94. The minimum absolute atomic E-state index is 0.00568. The van der Waals surface area contributed by atoms with Crippen molar-refractivity contribution >= 4 is 17.2 Å². The van der Waals surface area contributed by atoms with Gasteiger partial charge in [-0.3, -0.25) is 4.79 Å². The Morgan fingerprint density at radius 1 is 1.77 bits per heavy atom. The third-order valence-corrected chi connectivity index (χ3v) is 2.72. The van der Waals surface area contributed by atoms with Crippen molar-refractivity contribution in [2.45, 2.75) is 19.0 Å². The smallest absolute Gasteiger partial charge is 0.224 e. The first-order chi connectivity index (χ1) is 6.25. The third-order valence-electron chi connectivity index (χ3n) is 2.08. The summed E-state index contributed by atoms with van der Waals surface area (Å²) in [6.45, 7) is 1.27. The first-order valence-electron chi connectivity index (χ1n) is 4.16. The van der Waals surface area contributed by atoms with Gasteiger partial charge in [0.1, 0.15) is 0 Å². The quantitative estimate of drug-likeness (QED) is 0.737. The molecule has 0 radical (unpaired) electrons. The number of aromatic nitrogens is 1. The molecule has 70 valence electrons. The van der Waals surface area contributed by atoms with E-state index in [2.05, 4.69) is 4.98 Å². The largest absolute Gasteiger partial charge is 0.335 e. The van der Waals surface area contributed by atoms with Gasteiger partial charge in [-0.15, -0.1) is 11.3 Å². The molecule has 2 heterocycles. The summed E-state index contributed by atoms with van der Waals surface area (Å²) in [5, 5.41) is 1.96. The topological polar surface area (TPSA) is 59.2 Å². The number of carbonyl (C=O) groups excluding carboxylic acids is 1. The molecule has 1 fully saturated rings. The number of likely N-dealkylation sites (tertiary alicyclic amines) is 1. The van der Waals surface area contributed by atoms with Crippen LogP contribution >= 0.6 is 11.3 Å². The van der Waals surface area contributed by atoms with E-state index in [1.54, 1.807) is 21.7 Å². The van der Waals surface area contributed by atoms with E-state index >= 15 is 0 Å². The van der Waals surface area contributed by atoms with Gasteiger partial charge in [0.15, 0.2) is 0 Å². The third kappa shape index (κ3) is 1.87. The Balaban J connectivity index is 1.99. The molecular formula is C8H11N3OS. The fourth-order valence-corrected chi connectivity index (χ4v) is 2.02. The van der Waals surface area contributed by atoms with Crippen molar-refractivity contribution in [2.75, 3.05) is 6.54 Å². The van der Waals surface area contributed by atoms with Crippen molar-refractivity contribution in [3.8, 4) is 0 Å². The molecule has 1 saturated heterocycles. The number of rotatable bonds is 2. The molecule has 2 N–H and O–H groups in total. The minimum atomic E-state index is 0.00568. The molecule has 1 aromatic heterocycles. The van der Waals surface area contributed by atoms with Crippen LogP contribution < -0.4 is 5.73 Å². The van der Waals surface area contributed by atoms with E-state index in [9.17, 15) is 4.79 Å². The van der Waals surface area contributed by atoms with E-state index in [1.807, 2.05) is 5.38 Å². The minimum Gasteiger partial charge on any atom is -0.335 e. The average Bonchev–Trinajstić information content (AvgIpc) is 2.63. The molecule has 1 atom stereocenters. The molecular weight excluding hydrogens is 186 g/mol. The van der Waals surface area contributed by atoms with E-state index in [-0.39, 0.29) is 11.9 Å². The molecule has 0 bridgehead atoms. The maximum atomic E-state index is 11.3. The lowest BCUT2D eigenvalue weighted by Gasteiger charge is -2.13. The highest BCUT2D eigenvalue weighted by molar-refractivity contribution is 7.07. The van der Waals surface area contributed by atoms with Crippen LogP contribution in [0, 0.1) is 0 Å². The maximum absolute atomic E-state index is 11.3. The number of thiazole rings is 1. The van der Waals surface area contributed by atoms with Gasteiger partial charge in [-0.05, 0) is 0 Å². The Labute approximate surface area is 80.4 Å². The van der Waals surface area contributed by atoms with Gasteiger partial charge < -0.3 is 10.6 Å². The highest BCUT2D eigenvalue weighted by atomic mass is 32.1. The lowest BCUT2D eigenvalue weighted by molar-refractivity contribution is -0.128. The Hall–Kier alpha value is -0.940. The van der Waals surface area contributed by atoms with Crippen LogP contribution in [-0.4, -0.2) is 28.4 Å². The number of carbonyl (C=O) groups is 1.